The largest absolute Gasteiger partial charge is 1.00 e. The third-order valence-corrected chi connectivity index (χ3v) is 6.95. The van der Waals surface area contributed by atoms with Gasteiger partial charge in [0, 0.05) is 0 Å². The summed E-state index contributed by atoms with van der Waals surface area (Å²) in [5.41, 5.74) is 1.60. The predicted octanol–water partition coefficient (Wildman–Crippen LogP) is 0.528. The molecule has 1 aromatic carbocycles. The lowest BCUT2D eigenvalue weighted by Gasteiger charge is -2.38. The van der Waals surface area contributed by atoms with E-state index in [-0.39, 0.29) is 24.6 Å². The highest BCUT2D eigenvalue weighted by atomic mass is 35.5. The van der Waals surface area contributed by atoms with Crippen LogP contribution in [0.2, 0.25) is 0 Å². The Kier molecular flexibility index (Phi) is 6.75. The first-order valence-electron chi connectivity index (χ1n) is 9.56. The van der Waals surface area contributed by atoms with E-state index in [1.807, 2.05) is 30.3 Å². The molecule has 2 aliphatic rings. The summed E-state index contributed by atoms with van der Waals surface area (Å²) >= 11 is 0. The van der Waals surface area contributed by atoms with Crippen molar-refractivity contribution < 1.29 is 22.8 Å². The number of benzene rings is 1. The summed E-state index contributed by atoms with van der Waals surface area (Å²) in [6.45, 7) is 8.29. The fourth-order valence-electron chi connectivity index (χ4n) is 5.38. The van der Waals surface area contributed by atoms with Crippen LogP contribution in [0.4, 0.5) is 0 Å². The average molecular weight is 352 g/mol. The van der Waals surface area contributed by atoms with Crippen LogP contribution in [0.5, 0.6) is 0 Å². The highest BCUT2D eigenvalue weighted by Crippen LogP contribution is 2.60. The van der Waals surface area contributed by atoms with Crippen LogP contribution in [-0.4, -0.2) is 17.7 Å². The molecule has 5 unspecified atom stereocenters. The Morgan fingerprint density at radius 1 is 1.21 bits per heavy atom. The highest BCUT2D eigenvalue weighted by Gasteiger charge is 2.51. The Balaban J connectivity index is 0.00000208. The van der Waals surface area contributed by atoms with Gasteiger partial charge in [0.15, 0.2) is 0 Å². The van der Waals surface area contributed by atoms with Crippen LogP contribution in [-0.2, 0) is 0 Å². The second-order valence-electron chi connectivity index (χ2n) is 8.58. The number of halogens is 1. The van der Waals surface area contributed by atoms with E-state index in [1.54, 1.807) is 0 Å². The number of quaternary nitrogens is 1. The van der Waals surface area contributed by atoms with Crippen molar-refractivity contribution in [3.63, 3.8) is 0 Å². The van der Waals surface area contributed by atoms with Crippen LogP contribution < -0.4 is 17.7 Å². The first-order chi connectivity index (χ1) is 11.0. The smallest absolute Gasteiger partial charge is 0.130 e. The summed E-state index contributed by atoms with van der Waals surface area (Å²) in [5, 5.41) is 12.8. The van der Waals surface area contributed by atoms with Gasteiger partial charge in [0.1, 0.15) is 12.1 Å². The topological polar surface area (TPSA) is 36.8 Å². The molecule has 0 amide bonds. The second-order valence-corrected chi connectivity index (χ2v) is 8.58. The Hall–Kier alpha value is -0.570. The molecule has 0 heterocycles. The predicted molar refractivity (Wildman–Crippen MR) is 95.0 cm³/mol. The monoisotopic (exact) mass is 351 g/mol. The molecule has 0 aliphatic heterocycles. The van der Waals surface area contributed by atoms with Crippen molar-refractivity contribution >= 4 is 0 Å². The fourth-order valence-corrected chi connectivity index (χ4v) is 5.38. The van der Waals surface area contributed by atoms with Crippen LogP contribution in [0.1, 0.15) is 64.5 Å². The van der Waals surface area contributed by atoms with Crippen molar-refractivity contribution in [2.24, 2.45) is 23.2 Å². The summed E-state index contributed by atoms with van der Waals surface area (Å²) in [6.07, 6.45) is 6.73. The van der Waals surface area contributed by atoms with Gasteiger partial charge in [-0.25, -0.2) is 0 Å². The van der Waals surface area contributed by atoms with Gasteiger partial charge < -0.3 is 22.8 Å². The average Bonchev–Trinajstić information content (AvgIpc) is 3.12. The molecule has 2 nitrogen and oxygen atoms in total. The quantitative estimate of drug-likeness (QED) is 0.691. The fraction of sp³-hybridized carbons (Fsp3) is 0.714. The van der Waals surface area contributed by atoms with Gasteiger partial charge in [-0.15, -0.1) is 0 Å². The molecule has 5 atom stereocenters. The van der Waals surface area contributed by atoms with Gasteiger partial charge in [0.05, 0.1) is 6.54 Å². The number of aliphatic hydroxyl groups excluding tert-OH is 1. The maximum absolute atomic E-state index is 10.4. The minimum Gasteiger partial charge on any atom is -1.00 e. The molecule has 1 aromatic rings. The van der Waals surface area contributed by atoms with E-state index >= 15 is 0 Å². The third-order valence-electron chi connectivity index (χ3n) is 6.95. The lowest BCUT2D eigenvalue weighted by atomic mass is 9.67. The zero-order valence-electron chi connectivity index (χ0n) is 15.4. The van der Waals surface area contributed by atoms with E-state index in [0.29, 0.717) is 5.41 Å². The molecule has 3 rings (SSSR count). The number of hydrogen-bond donors (Lipinski definition) is 2. The van der Waals surface area contributed by atoms with E-state index in [1.165, 1.54) is 32.1 Å². The van der Waals surface area contributed by atoms with Crippen LogP contribution in [0.3, 0.4) is 0 Å². The normalized spacial score (nSPS) is 29.9. The minimum atomic E-state index is -0.366. The maximum atomic E-state index is 10.4. The van der Waals surface area contributed by atoms with Gasteiger partial charge in [-0.05, 0) is 67.8 Å². The summed E-state index contributed by atoms with van der Waals surface area (Å²) in [5.74, 6) is 2.92. The molecule has 2 bridgehead atoms. The third kappa shape index (κ3) is 3.98. The van der Waals surface area contributed by atoms with Crippen molar-refractivity contribution in [2.45, 2.75) is 65.0 Å². The van der Waals surface area contributed by atoms with Gasteiger partial charge in [0.25, 0.3) is 0 Å². The molecule has 3 heteroatoms. The van der Waals surface area contributed by atoms with Crippen molar-refractivity contribution in [1.82, 2.24) is 0 Å². The number of hydrogen-bond acceptors (Lipinski definition) is 1. The number of aliphatic hydroxyl groups is 1. The van der Waals surface area contributed by atoms with Gasteiger partial charge in [-0.3, -0.25) is 0 Å². The standard InChI is InChI=1S/C21H33NO.ClH/c1-15(20(23)16-8-5-4-6-9-16)22-13-7-10-19-17-11-12-18(14-17)21(19,2)3;/h4-6,8-9,15,17-20,22-23H,7,10-14H2,1-3H3;1H. The summed E-state index contributed by atoms with van der Waals surface area (Å²) in [6, 6.07) is 10.3. The van der Waals surface area contributed by atoms with Crippen molar-refractivity contribution in [1.29, 1.82) is 0 Å². The molecule has 0 saturated heterocycles. The number of nitrogens with two attached hydrogens (primary N) is 1. The highest BCUT2D eigenvalue weighted by molar-refractivity contribution is 5.17. The molecule has 0 aromatic heterocycles. The molecule has 0 radical (unpaired) electrons. The first-order valence-corrected chi connectivity index (χ1v) is 9.56. The SMILES string of the molecule is CC([NH2+]CCCC1C2CCC(C2)C1(C)C)C(O)c1ccccc1.[Cl-]. The Morgan fingerprint density at radius 3 is 2.54 bits per heavy atom. The second kappa shape index (κ2) is 8.21. The zero-order valence-corrected chi connectivity index (χ0v) is 16.2. The number of rotatable bonds is 7. The van der Waals surface area contributed by atoms with E-state index in [0.717, 1.165) is 29.9 Å². The molecule has 2 fully saturated rings. The summed E-state index contributed by atoms with van der Waals surface area (Å²) in [4.78, 5) is 0. The molecular weight excluding hydrogens is 318 g/mol. The Morgan fingerprint density at radius 2 is 1.92 bits per heavy atom. The van der Waals surface area contributed by atoms with Crippen molar-refractivity contribution in [2.75, 3.05) is 6.54 Å². The molecule has 3 N–H and O–H groups in total. The lowest BCUT2D eigenvalue weighted by molar-refractivity contribution is -0.694. The minimum absolute atomic E-state index is 0. The number of fused-ring (bicyclic) bond motifs is 2. The van der Waals surface area contributed by atoms with Gasteiger partial charge in [0.2, 0.25) is 0 Å². The Bertz CT molecular complexity index is 504. The summed E-state index contributed by atoms with van der Waals surface area (Å²) in [7, 11) is 0. The molecule has 24 heavy (non-hydrogen) atoms. The van der Waals surface area contributed by atoms with Crippen LogP contribution in [0.15, 0.2) is 30.3 Å². The molecule has 2 aliphatic carbocycles. The van der Waals surface area contributed by atoms with Crippen molar-refractivity contribution in [3.8, 4) is 0 Å². The van der Waals surface area contributed by atoms with Crippen LogP contribution >= 0.6 is 0 Å². The van der Waals surface area contributed by atoms with E-state index in [9.17, 15) is 5.11 Å². The zero-order chi connectivity index (χ0) is 16.4. The lowest BCUT2D eigenvalue weighted by Crippen LogP contribution is -3.00. The van der Waals surface area contributed by atoms with Gasteiger partial charge in [-0.2, -0.15) is 0 Å². The van der Waals surface area contributed by atoms with Gasteiger partial charge in [-0.1, -0.05) is 44.2 Å². The molecule has 0 spiro atoms. The first kappa shape index (κ1) is 19.8. The van der Waals surface area contributed by atoms with E-state index < -0.39 is 0 Å². The van der Waals surface area contributed by atoms with E-state index in [2.05, 4.69) is 26.1 Å². The summed E-state index contributed by atoms with van der Waals surface area (Å²) < 4.78 is 0. The van der Waals surface area contributed by atoms with E-state index in [4.69, 9.17) is 0 Å². The maximum Gasteiger partial charge on any atom is 0.130 e. The Labute approximate surface area is 153 Å². The van der Waals surface area contributed by atoms with Crippen LogP contribution in [0, 0.1) is 23.2 Å². The van der Waals surface area contributed by atoms with Crippen LogP contribution in [0.25, 0.3) is 0 Å². The molecule has 136 valence electrons. The molecule has 2 saturated carbocycles. The van der Waals surface area contributed by atoms with Crippen molar-refractivity contribution in [3.05, 3.63) is 35.9 Å². The molecular formula is C21H34ClNO. The van der Waals surface area contributed by atoms with Gasteiger partial charge >= 0.3 is 0 Å².